The maximum Gasteiger partial charge on any atom is 0.184 e. The number of ether oxygens (including phenoxy) is 1. The molecule has 0 aliphatic carbocycles. The molecule has 1 rings (SSSR count). The number of aldehydes is 1. The fourth-order valence-corrected chi connectivity index (χ4v) is 1.71. The molecular weight excluding hydrogens is 264 g/mol. The first-order valence-electron chi connectivity index (χ1n) is 7.89. The second-order valence-corrected chi connectivity index (χ2v) is 4.88. The van der Waals surface area contributed by atoms with Crippen LogP contribution in [0, 0.1) is 0 Å². The normalized spacial score (nSPS) is 14.8. The van der Waals surface area contributed by atoms with Crippen LogP contribution in [0.5, 0.6) is 0 Å². The lowest BCUT2D eigenvalue weighted by molar-refractivity contribution is -0.107. The molecule has 1 heterocycles. The van der Waals surface area contributed by atoms with Crippen LogP contribution in [0.4, 0.5) is 0 Å². The van der Waals surface area contributed by atoms with Crippen molar-refractivity contribution >= 4 is 6.29 Å². The van der Waals surface area contributed by atoms with E-state index in [1.54, 1.807) is 13.0 Å². The summed E-state index contributed by atoms with van der Waals surface area (Å²) in [6.07, 6.45) is 7.89. The lowest BCUT2D eigenvalue weighted by Crippen LogP contribution is -2.35. The van der Waals surface area contributed by atoms with E-state index >= 15 is 0 Å². The highest BCUT2D eigenvalue weighted by Gasteiger charge is 2.08. The fraction of sp³-hybridized carbons (Fsp3) is 0.706. The number of hydrogen-bond donors (Lipinski definition) is 0. The first-order chi connectivity index (χ1) is 10.1. The van der Waals surface area contributed by atoms with Crippen LogP contribution in [0.25, 0.3) is 0 Å². The van der Waals surface area contributed by atoms with Crippen LogP contribution in [0.2, 0.25) is 0 Å². The van der Waals surface area contributed by atoms with Crippen molar-refractivity contribution in [3.8, 4) is 0 Å². The van der Waals surface area contributed by atoms with Crippen molar-refractivity contribution in [2.75, 3.05) is 40.3 Å². The first kappa shape index (κ1) is 22.2. The molecule has 0 spiro atoms. The zero-order valence-corrected chi connectivity index (χ0v) is 14.6. The molecule has 0 saturated carbocycles. The number of hydrogen-bond acceptors (Lipinski definition) is 4. The summed E-state index contributed by atoms with van der Waals surface area (Å²) in [6, 6.07) is 0. The van der Waals surface area contributed by atoms with Gasteiger partial charge in [0, 0.05) is 13.1 Å². The van der Waals surface area contributed by atoms with Gasteiger partial charge in [0.05, 0.1) is 6.26 Å². The van der Waals surface area contributed by atoms with E-state index < -0.39 is 0 Å². The van der Waals surface area contributed by atoms with Crippen molar-refractivity contribution in [3.05, 3.63) is 24.7 Å². The van der Waals surface area contributed by atoms with Crippen LogP contribution < -0.4 is 0 Å². The van der Waals surface area contributed by atoms with E-state index in [-0.39, 0.29) is 5.76 Å². The quantitative estimate of drug-likeness (QED) is 0.428. The summed E-state index contributed by atoms with van der Waals surface area (Å²) in [5.74, 6) is 0.128. The third kappa shape index (κ3) is 16.8. The Kier molecular flexibility index (Phi) is 17.9. The minimum absolute atomic E-state index is 0.128. The highest BCUT2D eigenvalue weighted by Crippen LogP contribution is 2.07. The van der Waals surface area contributed by atoms with Crippen molar-refractivity contribution in [3.63, 3.8) is 0 Å². The van der Waals surface area contributed by atoms with Gasteiger partial charge in [-0.25, -0.2) is 0 Å². The van der Waals surface area contributed by atoms with Gasteiger partial charge < -0.3 is 14.5 Å². The summed E-state index contributed by atoms with van der Waals surface area (Å²) in [6.45, 7) is 14.2. The minimum atomic E-state index is 0.128. The molecule has 0 aromatic heterocycles. The van der Waals surface area contributed by atoms with Crippen LogP contribution >= 0.6 is 0 Å². The molecule has 1 fully saturated rings. The van der Waals surface area contributed by atoms with Crippen molar-refractivity contribution < 1.29 is 9.53 Å². The second-order valence-electron chi connectivity index (χ2n) is 4.88. The predicted molar refractivity (Wildman–Crippen MR) is 91.3 cm³/mol. The summed E-state index contributed by atoms with van der Waals surface area (Å²) in [5.41, 5.74) is 0. The number of nitrogens with zero attached hydrogens (tertiary/aromatic N) is 2. The highest BCUT2D eigenvalue weighted by atomic mass is 16.5. The minimum Gasteiger partial charge on any atom is -0.463 e. The van der Waals surface area contributed by atoms with Crippen LogP contribution in [0.15, 0.2) is 24.7 Å². The first-order valence-corrected chi connectivity index (χ1v) is 7.89. The molecule has 0 amide bonds. The SMILES string of the molecule is C=C(C=O)O/C=C\C.CC.CN(C)CCN1CCCCC1. The molecule has 124 valence electrons. The van der Waals surface area contributed by atoms with Gasteiger partial charge in [-0.15, -0.1) is 0 Å². The number of carbonyl (C=O) groups excluding carboxylic acids is 1. The number of piperidine rings is 1. The molecule has 4 heteroatoms. The Morgan fingerprint density at radius 3 is 2.24 bits per heavy atom. The van der Waals surface area contributed by atoms with Crippen LogP contribution in [0.1, 0.15) is 40.0 Å². The van der Waals surface area contributed by atoms with Gasteiger partial charge in [-0.2, -0.15) is 0 Å². The van der Waals surface area contributed by atoms with E-state index in [1.807, 2.05) is 13.8 Å². The van der Waals surface area contributed by atoms with Crippen molar-refractivity contribution in [1.29, 1.82) is 0 Å². The molecule has 0 atom stereocenters. The largest absolute Gasteiger partial charge is 0.463 e. The average molecular weight is 298 g/mol. The third-order valence-corrected chi connectivity index (χ3v) is 2.80. The van der Waals surface area contributed by atoms with E-state index in [4.69, 9.17) is 0 Å². The maximum absolute atomic E-state index is 9.75. The molecule has 1 aliphatic rings. The van der Waals surface area contributed by atoms with Gasteiger partial charge in [-0.3, -0.25) is 4.79 Å². The summed E-state index contributed by atoms with van der Waals surface area (Å²) in [4.78, 5) is 14.6. The van der Waals surface area contributed by atoms with Crippen LogP contribution in [-0.2, 0) is 9.53 Å². The summed E-state index contributed by atoms with van der Waals surface area (Å²) >= 11 is 0. The Hall–Kier alpha value is -1.13. The van der Waals surface area contributed by atoms with Crippen LogP contribution in [0.3, 0.4) is 0 Å². The second kappa shape index (κ2) is 16.9. The van der Waals surface area contributed by atoms with E-state index in [0.29, 0.717) is 6.29 Å². The topological polar surface area (TPSA) is 32.8 Å². The molecular formula is C17H34N2O2. The van der Waals surface area contributed by atoms with Gasteiger partial charge in [-0.1, -0.05) is 32.9 Å². The van der Waals surface area contributed by atoms with Gasteiger partial charge >= 0.3 is 0 Å². The Labute approximate surface area is 131 Å². The Morgan fingerprint density at radius 1 is 1.24 bits per heavy atom. The number of carbonyl (C=O) groups is 1. The van der Waals surface area contributed by atoms with Crippen molar-refractivity contribution in [1.82, 2.24) is 9.80 Å². The van der Waals surface area contributed by atoms with E-state index in [0.717, 1.165) is 0 Å². The molecule has 0 aromatic carbocycles. The number of likely N-dealkylation sites (tertiary alicyclic amines) is 1. The lowest BCUT2D eigenvalue weighted by atomic mass is 10.1. The smallest absolute Gasteiger partial charge is 0.184 e. The maximum atomic E-state index is 9.75. The summed E-state index contributed by atoms with van der Waals surface area (Å²) in [5, 5.41) is 0. The fourth-order valence-electron chi connectivity index (χ4n) is 1.71. The Bertz CT molecular complexity index is 270. The molecule has 0 bridgehead atoms. The average Bonchev–Trinajstić information content (AvgIpc) is 2.54. The van der Waals surface area contributed by atoms with Crippen LogP contribution in [-0.4, -0.2) is 56.4 Å². The molecule has 0 N–H and O–H groups in total. The number of rotatable bonds is 6. The number of likely N-dealkylation sites (N-methyl/N-ethyl adjacent to an activating group) is 1. The third-order valence-electron chi connectivity index (χ3n) is 2.80. The van der Waals surface area contributed by atoms with E-state index in [9.17, 15) is 4.79 Å². The zero-order chi connectivity index (χ0) is 16.5. The lowest BCUT2D eigenvalue weighted by Gasteiger charge is -2.27. The molecule has 0 unspecified atom stereocenters. The Balaban J connectivity index is 0. The zero-order valence-electron chi connectivity index (χ0n) is 14.6. The highest BCUT2D eigenvalue weighted by molar-refractivity contribution is 5.69. The molecule has 0 aromatic rings. The molecule has 21 heavy (non-hydrogen) atoms. The summed E-state index contributed by atoms with van der Waals surface area (Å²) in [7, 11) is 4.29. The van der Waals surface area contributed by atoms with Gasteiger partial charge in [0.15, 0.2) is 12.0 Å². The van der Waals surface area contributed by atoms with E-state index in [1.165, 1.54) is 51.7 Å². The summed E-state index contributed by atoms with van der Waals surface area (Å²) < 4.78 is 4.60. The Morgan fingerprint density at radius 2 is 1.81 bits per heavy atom. The molecule has 1 aliphatic heterocycles. The van der Waals surface area contributed by atoms with Gasteiger partial charge in [0.25, 0.3) is 0 Å². The van der Waals surface area contributed by atoms with Crippen molar-refractivity contribution in [2.45, 2.75) is 40.0 Å². The predicted octanol–water partition coefficient (Wildman–Crippen LogP) is 3.31. The van der Waals surface area contributed by atoms with Gasteiger partial charge in [0.1, 0.15) is 0 Å². The van der Waals surface area contributed by atoms with Gasteiger partial charge in [0.2, 0.25) is 0 Å². The van der Waals surface area contributed by atoms with E-state index in [2.05, 4.69) is 35.2 Å². The molecule has 0 radical (unpaired) electrons. The van der Waals surface area contributed by atoms with Gasteiger partial charge in [-0.05, 0) is 47.0 Å². The number of allylic oxidation sites excluding steroid dienone is 2. The molecule has 1 saturated heterocycles. The van der Waals surface area contributed by atoms with Crippen molar-refractivity contribution in [2.24, 2.45) is 0 Å². The molecule has 4 nitrogen and oxygen atoms in total. The monoisotopic (exact) mass is 298 g/mol. The standard InChI is InChI=1S/C9H20N2.C6H8O2.C2H6/c1-10(2)8-9-11-6-4-3-5-7-11;1-3-4-8-6(2)5-7;1-2/h3-9H2,1-2H3;3-5H,2H2,1H3;1-2H3/b;4-3-;.